The number of fused-ring (bicyclic) bond motifs is 1. The third kappa shape index (κ3) is 5.09. The molecule has 0 saturated heterocycles. The van der Waals surface area contributed by atoms with Crippen molar-refractivity contribution in [3.63, 3.8) is 0 Å². The first-order valence-corrected chi connectivity index (χ1v) is 13.1. The second-order valence-corrected chi connectivity index (χ2v) is 10.5. The van der Waals surface area contributed by atoms with Crippen LogP contribution in [0.5, 0.6) is 0 Å². The van der Waals surface area contributed by atoms with Gasteiger partial charge in [-0.05, 0) is 54.7 Å². The maximum atomic E-state index is 13.9. The highest BCUT2D eigenvalue weighted by molar-refractivity contribution is 9.10. The van der Waals surface area contributed by atoms with E-state index in [1.165, 1.54) is 0 Å². The minimum atomic E-state index is -1.04. The number of para-hydroxylation sites is 2. The standard InChI is InChI=1S/C30H27BrN2O4/c1-18-9-11-19(12-10-18)30-29-24(16-21(17-26(29)34)20-5-4-6-22(31)15-20)32-23-7-2-3-8-25(23)33(30)27(35)13-14-28(36)37/h2-12,15,21,30,32H,13-14,16-17H2,1H3,(H,36,37)/t21-,30-/m0/s1. The molecular weight excluding hydrogens is 532 g/mol. The number of aliphatic carboxylic acids is 1. The molecule has 3 aromatic rings. The molecule has 2 aliphatic rings. The van der Waals surface area contributed by atoms with Crippen LogP contribution in [-0.2, 0) is 14.4 Å². The molecule has 1 amide bonds. The lowest BCUT2D eigenvalue weighted by Crippen LogP contribution is -2.38. The molecule has 0 bridgehead atoms. The highest BCUT2D eigenvalue weighted by Crippen LogP contribution is 2.47. The molecule has 188 valence electrons. The Morgan fingerprint density at radius 1 is 0.973 bits per heavy atom. The Morgan fingerprint density at radius 2 is 1.73 bits per heavy atom. The van der Waals surface area contributed by atoms with Crippen LogP contribution in [0.15, 0.2) is 88.5 Å². The van der Waals surface area contributed by atoms with Crippen molar-refractivity contribution in [1.82, 2.24) is 0 Å². The van der Waals surface area contributed by atoms with Gasteiger partial charge in [-0.1, -0.05) is 70.0 Å². The molecule has 0 spiro atoms. The first kappa shape index (κ1) is 25.0. The number of nitrogens with one attached hydrogen (secondary N) is 1. The van der Waals surface area contributed by atoms with Gasteiger partial charge in [0, 0.05) is 28.6 Å². The summed E-state index contributed by atoms with van der Waals surface area (Å²) in [6.07, 6.45) is 0.498. The minimum Gasteiger partial charge on any atom is -0.481 e. The first-order chi connectivity index (χ1) is 17.8. The van der Waals surface area contributed by atoms with Gasteiger partial charge in [0.05, 0.1) is 23.8 Å². The van der Waals surface area contributed by atoms with Gasteiger partial charge in [0.2, 0.25) is 5.91 Å². The highest BCUT2D eigenvalue weighted by Gasteiger charge is 2.41. The van der Waals surface area contributed by atoms with Crippen LogP contribution < -0.4 is 10.2 Å². The second kappa shape index (κ2) is 10.3. The Hall–Kier alpha value is -3.71. The monoisotopic (exact) mass is 558 g/mol. The van der Waals surface area contributed by atoms with Crippen molar-refractivity contribution in [3.05, 3.63) is 105 Å². The van der Waals surface area contributed by atoms with E-state index in [-0.39, 0.29) is 30.4 Å². The Labute approximate surface area is 224 Å². The maximum absolute atomic E-state index is 13.9. The molecule has 0 radical (unpaired) electrons. The molecule has 0 aromatic heterocycles. The first-order valence-electron chi connectivity index (χ1n) is 12.3. The van der Waals surface area contributed by atoms with Gasteiger partial charge in [-0.3, -0.25) is 19.3 Å². The van der Waals surface area contributed by atoms with Crippen molar-refractivity contribution in [3.8, 4) is 0 Å². The Morgan fingerprint density at radius 3 is 2.46 bits per heavy atom. The van der Waals surface area contributed by atoms with Gasteiger partial charge in [0.1, 0.15) is 0 Å². The van der Waals surface area contributed by atoms with Crippen molar-refractivity contribution >= 4 is 45.0 Å². The van der Waals surface area contributed by atoms with Crippen molar-refractivity contribution in [2.24, 2.45) is 0 Å². The van der Waals surface area contributed by atoms with Gasteiger partial charge in [-0.15, -0.1) is 0 Å². The normalized spacial score (nSPS) is 19.0. The number of nitrogens with zero attached hydrogens (tertiary/aromatic N) is 1. The van der Waals surface area contributed by atoms with Crippen LogP contribution in [0.4, 0.5) is 11.4 Å². The van der Waals surface area contributed by atoms with Crippen LogP contribution >= 0.6 is 15.9 Å². The topological polar surface area (TPSA) is 86.7 Å². The summed E-state index contributed by atoms with van der Waals surface area (Å²) in [6.45, 7) is 1.99. The summed E-state index contributed by atoms with van der Waals surface area (Å²) in [4.78, 5) is 40.5. The van der Waals surface area contributed by atoms with E-state index >= 15 is 0 Å². The summed E-state index contributed by atoms with van der Waals surface area (Å²) in [5, 5.41) is 12.8. The molecule has 1 aliphatic heterocycles. The van der Waals surface area contributed by atoms with Gasteiger partial charge in [0.25, 0.3) is 0 Å². The minimum absolute atomic E-state index is 0.00339. The smallest absolute Gasteiger partial charge is 0.303 e. The number of anilines is 2. The summed E-state index contributed by atoms with van der Waals surface area (Å²) in [5.74, 6) is -1.39. The maximum Gasteiger partial charge on any atom is 0.303 e. The lowest BCUT2D eigenvalue weighted by molar-refractivity contribution is -0.138. The molecule has 0 fully saturated rings. The summed E-state index contributed by atoms with van der Waals surface area (Å²) < 4.78 is 0.962. The molecule has 1 aliphatic carbocycles. The molecule has 37 heavy (non-hydrogen) atoms. The lowest BCUT2D eigenvalue weighted by Gasteiger charge is -2.35. The van der Waals surface area contributed by atoms with Gasteiger partial charge < -0.3 is 10.4 Å². The Kier molecular flexibility index (Phi) is 6.98. The molecule has 2 N–H and O–H groups in total. The zero-order chi connectivity index (χ0) is 26.1. The van der Waals surface area contributed by atoms with E-state index in [1.54, 1.807) is 4.90 Å². The second-order valence-electron chi connectivity index (χ2n) is 9.59. The van der Waals surface area contributed by atoms with Crippen LogP contribution in [0.25, 0.3) is 0 Å². The molecule has 1 heterocycles. The van der Waals surface area contributed by atoms with Crippen molar-refractivity contribution in [1.29, 1.82) is 0 Å². The molecule has 6 nitrogen and oxygen atoms in total. The molecule has 2 atom stereocenters. The van der Waals surface area contributed by atoms with Crippen molar-refractivity contribution in [2.75, 3.05) is 10.2 Å². The van der Waals surface area contributed by atoms with E-state index in [0.29, 0.717) is 24.1 Å². The fourth-order valence-corrected chi connectivity index (χ4v) is 5.68. The number of hydrogen-bond acceptors (Lipinski definition) is 4. The number of carboxylic acids is 1. The molecule has 5 rings (SSSR count). The van der Waals surface area contributed by atoms with E-state index < -0.39 is 12.0 Å². The zero-order valence-electron chi connectivity index (χ0n) is 20.4. The number of carbonyl (C=O) groups excluding carboxylic acids is 2. The average molecular weight is 559 g/mol. The van der Waals surface area contributed by atoms with Crippen LogP contribution in [0.2, 0.25) is 0 Å². The number of hydrogen-bond donors (Lipinski definition) is 2. The third-order valence-corrected chi connectivity index (χ3v) is 7.52. The van der Waals surface area contributed by atoms with Gasteiger partial charge in [0.15, 0.2) is 5.78 Å². The summed E-state index contributed by atoms with van der Waals surface area (Å²) in [6, 6.07) is 22.7. The number of amides is 1. The van der Waals surface area contributed by atoms with E-state index in [2.05, 4.69) is 21.2 Å². The van der Waals surface area contributed by atoms with Crippen molar-refractivity contribution in [2.45, 2.75) is 44.6 Å². The Bertz CT molecular complexity index is 1410. The van der Waals surface area contributed by atoms with E-state index in [9.17, 15) is 19.5 Å². The number of halogens is 1. The quantitative estimate of drug-likeness (QED) is 0.372. The molecule has 3 aromatic carbocycles. The molecule has 0 unspecified atom stereocenters. The largest absolute Gasteiger partial charge is 0.481 e. The third-order valence-electron chi connectivity index (χ3n) is 7.02. The number of rotatable bonds is 5. The van der Waals surface area contributed by atoms with Crippen LogP contribution in [-0.4, -0.2) is 22.8 Å². The zero-order valence-corrected chi connectivity index (χ0v) is 22.0. The van der Waals surface area contributed by atoms with E-state index in [4.69, 9.17) is 0 Å². The van der Waals surface area contributed by atoms with Gasteiger partial charge in [-0.2, -0.15) is 0 Å². The predicted molar refractivity (Wildman–Crippen MR) is 146 cm³/mol. The number of carbonyl (C=O) groups is 3. The lowest BCUT2D eigenvalue weighted by atomic mass is 9.78. The number of Topliss-reactive ketones (excluding diaryl/α,β-unsaturated/α-hetero) is 1. The Balaban J connectivity index is 1.68. The van der Waals surface area contributed by atoms with Gasteiger partial charge >= 0.3 is 5.97 Å². The highest BCUT2D eigenvalue weighted by atomic mass is 79.9. The number of benzene rings is 3. The fraction of sp³-hybridized carbons (Fsp3) is 0.233. The number of allylic oxidation sites excluding steroid dienone is 1. The average Bonchev–Trinajstić information content (AvgIpc) is 3.02. The number of ketones is 1. The van der Waals surface area contributed by atoms with E-state index in [0.717, 1.165) is 32.5 Å². The van der Waals surface area contributed by atoms with Crippen LogP contribution in [0.1, 0.15) is 54.3 Å². The molecule has 0 saturated carbocycles. The summed E-state index contributed by atoms with van der Waals surface area (Å²) in [5.41, 5.74) is 5.67. The number of aryl methyl sites for hydroxylation is 1. The fourth-order valence-electron chi connectivity index (χ4n) is 5.26. The van der Waals surface area contributed by atoms with Crippen LogP contribution in [0.3, 0.4) is 0 Å². The molecule has 7 heteroatoms. The van der Waals surface area contributed by atoms with Crippen LogP contribution in [0, 0.1) is 6.92 Å². The van der Waals surface area contributed by atoms with Crippen molar-refractivity contribution < 1.29 is 19.5 Å². The number of carboxylic acid groups (broad SMARTS) is 1. The predicted octanol–water partition coefficient (Wildman–Crippen LogP) is 6.52. The molecular formula is C30H27BrN2O4. The SMILES string of the molecule is Cc1ccc([C@H]2C3=C(C[C@H](c4cccc(Br)c4)CC3=O)Nc3ccccc3N2C(=O)CCC(=O)O)cc1. The van der Waals surface area contributed by atoms with E-state index in [1.807, 2.05) is 79.7 Å². The van der Waals surface area contributed by atoms with Gasteiger partial charge in [-0.25, -0.2) is 0 Å². The summed E-state index contributed by atoms with van der Waals surface area (Å²) in [7, 11) is 0. The summed E-state index contributed by atoms with van der Waals surface area (Å²) >= 11 is 3.54.